The van der Waals surface area contributed by atoms with Crippen LogP contribution in [0.15, 0.2) is 42.5 Å². The van der Waals surface area contributed by atoms with Crippen LogP contribution in [0.4, 0.5) is 0 Å². The van der Waals surface area contributed by atoms with Crippen molar-refractivity contribution in [1.82, 2.24) is 0 Å². The van der Waals surface area contributed by atoms with Gasteiger partial charge >= 0.3 is 5.97 Å². The lowest BCUT2D eigenvalue weighted by atomic mass is 9.31. The van der Waals surface area contributed by atoms with E-state index >= 15 is 0 Å². The van der Waals surface area contributed by atoms with Crippen LogP contribution in [0.3, 0.4) is 0 Å². The van der Waals surface area contributed by atoms with Crippen LogP contribution in [0, 0.1) is 51.2 Å². The van der Waals surface area contributed by atoms with Gasteiger partial charge in [0.15, 0.2) is 5.79 Å². The molecule has 5 nitrogen and oxygen atoms in total. The number of ether oxygens (including phenoxy) is 3. The van der Waals surface area contributed by atoms with Crippen LogP contribution < -0.4 is 5.73 Å². The highest BCUT2D eigenvalue weighted by Crippen LogP contribution is 2.78. The molecule has 5 heteroatoms. The van der Waals surface area contributed by atoms with E-state index in [1.165, 1.54) is 36.7 Å². The highest BCUT2D eigenvalue weighted by atomic mass is 16.7. The molecule has 2 N–H and O–H groups in total. The number of methoxy groups -OCH3 is 1. The maximum absolute atomic E-state index is 12.2. The van der Waals surface area contributed by atoms with Gasteiger partial charge in [0.05, 0.1) is 24.9 Å². The predicted molar refractivity (Wildman–Crippen MR) is 191 cm³/mol. The van der Waals surface area contributed by atoms with Crippen molar-refractivity contribution in [1.29, 1.82) is 0 Å². The molecule has 0 bridgehead atoms. The fraction of sp³-hybridized carbons (Fsp3) is 0.738. The molecule has 1 aromatic rings. The van der Waals surface area contributed by atoms with E-state index < -0.39 is 5.79 Å². The summed E-state index contributed by atoms with van der Waals surface area (Å²) in [5, 5.41) is 0. The summed E-state index contributed by atoms with van der Waals surface area (Å²) in [5.74, 6) is 1.40. The molecule has 4 saturated carbocycles. The molecule has 1 heterocycles. The Morgan fingerprint density at radius 3 is 2.17 bits per heavy atom. The number of carbonyl (C=O) groups excluding carboxylic acids is 1. The van der Waals surface area contributed by atoms with Crippen molar-refractivity contribution >= 4 is 11.5 Å². The summed E-state index contributed by atoms with van der Waals surface area (Å²) < 4.78 is 19.4. The van der Waals surface area contributed by atoms with Crippen molar-refractivity contribution in [2.24, 2.45) is 57.0 Å². The van der Waals surface area contributed by atoms with Gasteiger partial charge < -0.3 is 19.9 Å². The maximum Gasteiger partial charge on any atom is 0.337 e. The van der Waals surface area contributed by atoms with Crippen molar-refractivity contribution < 1.29 is 19.0 Å². The van der Waals surface area contributed by atoms with Crippen LogP contribution in [0.5, 0.6) is 0 Å². The third-order valence-corrected chi connectivity index (χ3v) is 15.2. The van der Waals surface area contributed by atoms with E-state index in [4.69, 9.17) is 19.9 Å². The normalized spacial score (nSPS) is 45.4. The zero-order valence-corrected chi connectivity index (χ0v) is 31.3. The molecule has 0 spiro atoms. The Bertz CT molecular complexity index is 1440. The van der Waals surface area contributed by atoms with E-state index in [0.29, 0.717) is 35.2 Å². The summed E-state index contributed by atoms with van der Waals surface area (Å²) in [7, 11) is 1.44. The molecule has 0 aromatic heterocycles. The fourth-order valence-electron chi connectivity index (χ4n) is 13.2. The first kappa shape index (κ1) is 34.9. The Balaban J connectivity index is 0.00000190. The van der Waals surface area contributed by atoms with Crippen molar-refractivity contribution in [2.45, 2.75) is 138 Å². The first-order valence-electron chi connectivity index (χ1n) is 18.6. The summed E-state index contributed by atoms with van der Waals surface area (Å²) in [6.07, 6.45) is 10.3. The molecule has 5 aliphatic carbocycles. The molecule has 0 amide bonds. The Morgan fingerprint density at radius 1 is 0.915 bits per heavy atom. The second-order valence-electron chi connectivity index (χ2n) is 17.8. The van der Waals surface area contributed by atoms with E-state index in [9.17, 15) is 4.79 Å². The van der Waals surface area contributed by atoms with E-state index in [1.807, 2.05) is 26.0 Å². The van der Waals surface area contributed by atoms with E-state index in [0.717, 1.165) is 32.1 Å². The van der Waals surface area contributed by atoms with Gasteiger partial charge in [-0.15, -0.1) is 0 Å². The molecule has 47 heavy (non-hydrogen) atoms. The lowest BCUT2D eigenvalue weighted by molar-refractivity contribution is -0.274. The smallest absolute Gasteiger partial charge is 0.337 e. The van der Waals surface area contributed by atoms with Gasteiger partial charge in [0.25, 0.3) is 0 Å². The summed E-state index contributed by atoms with van der Waals surface area (Å²) in [6.45, 7) is 27.7. The third-order valence-electron chi connectivity index (χ3n) is 15.2. The average molecular weight is 646 g/mol. The van der Waals surface area contributed by atoms with Crippen molar-refractivity contribution in [3.05, 3.63) is 53.6 Å². The second kappa shape index (κ2) is 11.3. The number of carbonyl (C=O) groups is 1. The van der Waals surface area contributed by atoms with Gasteiger partial charge in [0.1, 0.15) is 0 Å². The number of nitrogens with two attached hydrogens (primary N) is 1. The lowest BCUT2D eigenvalue weighted by Crippen LogP contribution is -2.74. The minimum Gasteiger partial charge on any atom is -0.465 e. The maximum atomic E-state index is 12.2. The second-order valence-corrected chi connectivity index (χ2v) is 17.8. The summed E-state index contributed by atoms with van der Waals surface area (Å²) >= 11 is 0. The van der Waals surface area contributed by atoms with Crippen molar-refractivity contribution in [3.8, 4) is 0 Å². The van der Waals surface area contributed by atoms with Gasteiger partial charge in [0.2, 0.25) is 0 Å². The molecule has 0 radical (unpaired) electrons. The zero-order valence-electron chi connectivity index (χ0n) is 31.3. The van der Waals surface area contributed by atoms with Crippen LogP contribution in [0.25, 0.3) is 5.57 Å². The number of hydrogen-bond donors (Lipinski definition) is 1. The van der Waals surface area contributed by atoms with Crippen LogP contribution in [-0.2, 0) is 14.2 Å². The number of esters is 1. The van der Waals surface area contributed by atoms with Crippen LogP contribution in [-0.4, -0.2) is 36.6 Å². The SMILES string of the molecule is C=C(C)[C@@H]1CCC2(N)C[C@@H]3OC(C)(C)OC4CC5C(C)(C)C(c6ccc(C(=O)OC)cc6)=CCC5(C)C5CCC([C@@H]12)[C@]3(C)C45C.CC. The quantitative estimate of drug-likeness (QED) is 0.262. The minimum absolute atomic E-state index is 0.0489. The van der Waals surface area contributed by atoms with Crippen molar-refractivity contribution in [2.75, 3.05) is 7.11 Å². The number of allylic oxidation sites excluding steroid dienone is 3. The topological polar surface area (TPSA) is 70.8 Å². The highest BCUT2D eigenvalue weighted by Gasteiger charge is 2.77. The molecule has 6 aliphatic rings. The Hall–Kier alpha value is -1.95. The average Bonchev–Trinajstić information content (AvgIpc) is 3.33. The molecular formula is C42H63NO4. The van der Waals surface area contributed by atoms with Crippen LogP contribution in [0.1, 0.15) is 130 Å². The molecule has 11 atom stereocenters. The summed E-state index contributed by atoms with van der Waals surface area (Å²) in [6, 6.07) is 8.02. The number of rotatable bonds is 3. The van der Waals surface area contributed by atoms with Gasteiger partial charge in [-0.05, 0) is 129 Å². The Kier molecular flexibility index (Phi) is 8.38. The standard InChI is InChI=1S/C40H57NO4.C2H6/c1-23(2)26-17-20-40(41)22-32-38(8)28(33(26)40)15-16-29-37(7)19-18-27(24-11-13-25(14-12-24)34(42)43-10)35(3,4)30(37)21-31(39(29,38)9)44-36(5,6)45-32;1-2/h11-14,18,26,28-33H,1,15-17,19-22,41H2,2-10H3;1-2H3/t26-,28?,29?,30?,31?,32-,33+,37?,38-,39?,40?;/m0./s1. The molecule has 260 valence electrons. The van der Waals surface area contributed by atoms with Crippen molar-refractivity contribution in [3.63, 3.8) is 0 Å². The molecular weight excluding hydrogens is 582 g/mol. The summed E-state index contributed by atoms with van der Waals surface area (Å²) in [5.41, 5.74) is 11.7. The first-order chi connectivity index (χ1) is 21.9. The predicted octanol–water partition coefficient (Wildman–Crippen LogP) is 9.60. The number of hydrogen-bond acceptors (Lipinski definition) is 5. The van der Waals surface area contributed by atoms with E-state index in [-0.39, 0.29) is 45.4 Å². The van der Waals surface area contributed by atoms with Gasteiger partial charge in [-0.25, -0.2) is 4.79 Å². The lowest BCUT2D eigenvalue weighted by Gasteiger charge is -2.74. The first-order valence-corrected chi connectivity index (χ1v) is 18.6. The molecule has 5 fully saturated rings. The van der Waals surface area contributed by atoms with Gasteiger partial charge in [0, 0.05) is 16.4 Å². The minimum atomic E-state index is -0.682. The molecule has 7 unspecified atom stereocenters. The van der Waals surface area contributed by atoms with E-state index in [2.05, 4.69) is 80.2 Å². The van der Waals surface area contributed by atoms with Gasteiger partial charge in [-0.3, -0.25) is 0 Å². The largest absolute Gasteiger partial charge is 0.465 e. The third kappa shape index (κ3) is 4.68. The number of benzene rings is 1. The van der Waals surface area contributed by atoms with Gasteiger partial charge in [-0.2, -0.15) is 0 Å². The molecule has 1 aromatic carbocycles. The monoisotopic (exact) mass is 645 g/mol. The van der Waals surface area contributed by atoms with Gasteiger partial charge in [-0.1, -0.05) is 78.8 Å². The summed E-state index contributed by atoms with van der Waals surface area (Å²) in [4.78, 5) is 12.2. The highest BCUT2D eigenvalue weighted by molar-refractivity contribution is 5.89. The van der Waals surface area contributed by atoms with Crippen LogP contribution >= 0.6 is 0 Å². The molecule has 1 saturated heterocycles. The molecule has 7 rings (SSSR count). The van der Waals surface area contributed by atoms with E-state index in [1.54, 1.807) is 0 Å². The number of fused-ring (bicyclic) bond motifs is 4. The molecule has 1 aliphatic heterocycles. The van der Waals surface area contributed by atoms with Crippen LogP contribution in [0.2, 0.25) is 0 Å². The Morgan fingerprint density at radius 2 is 1.55 bits per heavy atom. The Labute approximate surface area is 285 Å². The zero-order chi connectivity index (χ0) is 34.5. The fourth-order valence-corrected chi connectivity index (χ4v) is 13.2.